The average Bonchev–Trinajstić information content (AvgIpc) is 3.09. The van der Waals surface area contributed by atoms with Crippen LogP contribution in [0.25, 0.3) is 11.4 Å². The van der Waals surface area contributed by atoms with E-state index in [1.165, 1.54) is 0 Å². The fraction of sp³-hybridized carbons (Fsp3) is 0.412. The van der Waals surface area contributed by atoms with Crippen LogP contribution in [0.15, 0.2) is 35.0 Å². The molecule has 0 spiro atoms. The van der Waals surface area contributed by atoms with Crippen LogP contribution in [-0.2, 0) is 16.1 Å². The summed E-state index contributed by atoms with van der Waals surface area (Å²) in [5.74, 6) is -0.000174. The zero-order valence-electron chi connectivity index (χ0n) is 13.9. The summed E-state index contributed by atoms with van der Waals surface area (Å²) in [6.07, 6.45) is 3.36. The van der Waals surface area contributed by atoms with E-state index in [0.717, 1.165) is 25.1 Å². The van der Waals surface area contributed by atoms with Crippen molar-refractivity contribution in [2.45, 2.75) is 19.4 Å². The Morgan fingerprint density at radius 1 is 1.36 bits per heavy atom. The van der Waals surface area contributed by atoms with Gasteiger partial charge >= 0.3 is 0 Å². The van der Waals surface area contributed by atoms with Crippen molar-refractivity contribution in [3.63, 3.8) is 0 Å². The lowest BCUT2D eigenvalue weighted by molar-refractivity contribution is -0.128. The number of piperidine rings is 1. The molecule has 1 aliphatic rings. The van der Waals surface area contributed by atoms with Gasteiger partial charge in [-0.1, -0.05) is 11.2 Å². The summed E-state index contributed by atoms with van der Waals surface area (Å²) in [4.78, 5) is 29.5. The van der Waals surface area contributed by atoms with Gasteiger partial charge in [0.2, 0.25) is 11.8 Å². The van der Waals surface area contributed by atoms with E-state index < -0.39 is 0 Å². The van der Waals surface area contributed by atoms with Crippen molar-refractivity contribution in [3.8, 4) is 11.4 Å². The third-order valence-electron chi connectivity index (χ3n) is 4.18. The topological polar surface area (TPSA) is 114 Å². The number of nitrogens with one attached hydrogen (secondary N) is 1. The smallest absolute Gasteiger partial charge is 0.231 e. The standard InChI is InChI=1S/C17H21N5O3/c18-16(23)11-22-7-3-4-12(10-22)17(24)20-9-13-8-15(21-25-13)14-5-1-2-6-19-14/h1-2,5-6,8,12H,3-4,7,9-11H2,(H2,18,23)(H,20,24). The van der Waals surface area contributed by atoms with Crippen LogP contribution in [0.2, 0.25) is 0 Å². The van der Waals surface area contributed by atoms with E-state index in [1.807, 2.05) is 23.1 Å². The van der Waals surface area contributed by atoms with Gasteiger partial charge < -0.3 is 15.6 Å². The van der Waals surface area contributed by atoms with Gasteiger partial charge in [-0.25, -0.2) is 0 Å². The highest BCUT2D eigenvalue weighted by atomic mass is 16.5. The highest BCUT2D eigenvalue weighted by molar-refractivity contribution is 5.79. The van der Waals surface area contributed by atoms with Crippen molar-refractivity contribution in [3.05, 3.63) is 36.2 Å². The van der Waals surface area contributed by atoms with Crippen LogP contribution in [0.4, 0.5) is 0 Å². The molecule has 0 aliphatic carbocycles. The van der Waals surface area contributed by atoms with Crippen molar-refractivity contribution in [1.82, 2.24) is 20.4 Å². The predicted molar refractivity (Wildman–Crippen MR) is 89.9 cm³/mol. The second-order valence-corrected chi connectivity index (χ2v) is 6.15. The molecule has 3 rings (SSSR count). The number of nitrogens with two attached hydrogens (primary N) is 1. The van der Waals surface area contributed by atoms with Crippen LogP contribution >= 0.6 is 0 Å². The molecule has 3 heterocycles. The van der Waals surface area contributed by atoms with Crippen LogP contribution < -0.4 is 11.1 Å². The van der Waals surface area contributed by atoms with Crippen molar-refractivity contribution in [2.75, 3.05) is 19.6 Å². The summed E-state index contributed by atoms with van der Waals surface area (Å²) in [6.45, 7) is 1.80. The predicted octanol–water partition coefficient (Wildman–Crippen LogP) is 0.550. The molecule has 1 fully saturated rings. The minimum Gasteiger partial charge on any atom is -0.369 e. The van der Waals surface area contributed by atoms with E-state index >= 15 is 0 Å². The van der Waals surface area contributed by atoms with Crippen molar-refractivity contribution in [1.29, 1.82) is 0 Å². The number of likely N-dealkylation sites (tertiary alicyclic amines) is 1. The molecule has 2 aromatic heterocycles. The molecule has 2 amide bonds. The fourth-order valence-electron chi connectivity index (χ4n) is 2.98. The fourth-order valence-corrected chi connectivity index (χ4v) is 2.98. The van der Waals surface area contributed by atoms with Crippen molar-refractivity contribution < 1.29 is 14.1 Å². The van der Waals surface area contributed by atoms with Crippen molar-refractivity contribution in [2.24, 2.45) is 11.7 Å². The molecule has 25 heavy (non-hydrogen) atoms. The zero-order chi connectivity index (χ0) is 17.6. The number of pyridine rings is 1. The maximum Gasteiger partial charge on any atom is 0.231 e. The van der Waals surface area contributed by atoms with Gasteiger partial charge in [0, 0.05) is 18.8 Å². The number of primary amides is 1. The van der Waals surface area contributed by atoms with Crippen LogP contribution in [0.5, 0.6) is 0 Å². The lowest BCUT2D eigenvalue weighted by atomic mass is 9.97. The zero-order valence-corrected chi connectivity index (χ0v) is 13.9. The van der Waals surface area contributed by atoms with Gasteiger partial charge in [-0.15, -0.1) is 0 Å². The first-order chi connectivity index (χ1) is 12.1. The summed E-state index contributed by atoms with van der Waals surface area (Å²) in [5, 5.41) is 6.84. The Bertz CT molecular complexity index is 731. The maximum absolute atomic E-state index is 12.4. The summed E-state index contributed by atoms with van der Waals surface area (Å²) >= 11 is 0. The second-order valence-electron chi connectivity index (χ2n) is 6.15. The Morgan fingerprint density at radius 2 is 2.24 bits per heavy atom. The number of hydrogen-bond donors (Lipinski definition) is 2. The Hall–Kier alpha value is -2.74. The number of amides is 2. The monoisotopic (exact) mass is 343 g/mol. The Balaban J connectivity index is 1.52. The van der Waals surface area contributed by atoms with E-state index in [4.69, 9.17) is 10.3 Å². The maximum atomic E-state index is 12.4. The molecule has 1 saturated heterocycles. The molecule has 2 aromatic rings. The Kier molecular flexibility index (Phi) is 5.39. The highest BCUT2D eigenvalue weighted by Gasteiger charge is 2.26. The number of carbonyl (C=O) groups is 2. The van der Waals surface area contributed by atoms with Crippen LogP contribution in [0, 0.1) is 5.92 Å². The molecule has 1 atom stereocenters. The number of rotatable bonds is 6. The third-order valence-corrected chi connectivity index (χ3v) is 4.18. The molecule has 8 heteroatoms. The first-order valence-electron chi connectivity index (χ1n) is 8.27. The van der Waals surface area contributed by atoms with Crippen LogP contribution in [0.1, 0.15) is 18.6 Å². The Labute approximate surface area is 145 Å². The largest absolute Gasteiger partial charge is 0.369 e. The van der Waals surface area contributed by atoms with Crippen LogP contribution in [0.3, 0.4) is 0 Å². The SMILES string of the molecule is NC(=O)CN1CCCC(C(=O)NCc2cc(-c3ccccn3)no2)C1. The molecular weight excluding hydrogens is 322 g/mol. The van der Waals surface area contributed by atoms with Crippen LogP contribution in [-0.4, -0.2) is 46.5 Å². The lowest BCUT2D eigenvalue weighted by Crippen LogP contribution is -2.45. The summed E-state index contributed by atoms with van der Waals surface area (Å²) in [6, 6.07) is 7.31. The van der Waals surface area contributed by atoms with E-state index in [0.29, 0.717) is 18.0 Å². The number of aromatic nitrogens is 2. The van der Waals surface area contributed by atoms with E-state index in [9.17, 15) is 9.59 Å². The molecule has 0 saturated carbocycles. The van der Waals surface area contributed by atoms with Gasteiger partial charge in [0.25, 0.3) is 0 Å². The molecule has 1 unspecified atom stereocenters. The molecular formula is C17H21N5O3. The van der Waals surface area contributed by atoms with Gasteiger partial charge in [-0.2, -0.15) is 0 Å². The minimum absolute atomic E-state index is 0.0510. The van der Waals surface area contributed by atoms with Gasteiger partial charge in [0.05, 0.1) is 24.7 Å². The molecule has 8 nitrogen and oxygen atoms in total. The quantitative estimate of drug-likeness (QED) is 0.792. The van der Waals surface area contributed by atoms with E-state index in [2.05, 4.69) is 15.5 Å². The van der Waals surface area contributed by atoms with Gasteiger partial charge in [0.15, 0.2) is 5.76 Å². The summed E-state index contributed by atoms with van der Waals surface area (Å²) < 4.78 is 5.25. The Morgan fingerprint density at radius 3 is 3.00 bits per heavy atom. The molecule has 0 bridgehead atoms. The molecule has 0 aromatic carbocycles. The number of carbonyl (C=O) groups excluding carboxylic acids is 2. The normalized spacial score (nSPS) is 18.0. The first-order valence-corrected chi connectivity index (χ1v) is 8.27. The molecule has 3 N–H and O–H groups in total. The number of nitrogens with zero attached hydrogens (tertiary/aromatic N) is 3. The number of hydrogen-bond acceptors (Lipinski definition) is 6. The summed E-state index contributed by atoms with van der Waals surface area (Å²) in [5.41, 5.74) is 6.58. The van der Waals surface area contributed by atoms with Gasteiger partial charge in [-0.05, 0) is 31.5 Å². The van der Waals surface area contributed by atoms with Crippen molar-refractivity contribution >= 4 is 11.8 Å². The third kappa shape index (κ3) is 4.63. The first kappa shape index (κ1) is 17.1. The second kappa shape index (κ2) is 7.89. The minimum atomic E-state index is -0.371. The van der Waals surface area contributed by atoms with E-state index in [1.54, 1.807) is 12.3 Å². The van der Waals surface area contributed by atoms with Gasteiger partial charge in [0.1, 0.15) is 5.69 Å². The van der Waals surface area contributed by atoms with Gasteiger partial charge in [-0.3, -0.25) is 19.5 Å². The molecule has 1 aliphatic heterocycles. The average molecular weight is 343 g/mol. The molecule has 0 radical (unpaired) electrons. The molecule has 132 valence electrons. The lowest BCUT2D eigenvalue weighted by Gasteiger charge is -2.30. The highest BCUT2D eigenvalue weighted by Crippen LogP contribution is 2.18. The van der Waals surface area contributed by atoms with E-state index in [-0.39, 0.29) is 30.8 Å². The summed E-state index contributed by atoms with van der Waals surface area (Å²) in [7, 11) is 0.